The number of carbonyl (C=O) groups excluding carboxylic acids is 1. The molecule has 1 aliphatic rings. The zero-order chi connectivity index (χ0) is 16.5. The molecule has 2 amide bonds. The zero-order valence-electron chi connectivity index (χ0n) is 13.5. The Labute approximate surface area is 139 Å². The maximum absolute atomic E-state index is 12.5. The summed E-state index contributed by atoms with van der Waals surface area (Å²) in [4.78, 5) is 18.9. The fourth-order valence-electron chi connectivity index (χ4n) is 3.19. The molecule has 0 saturated carbocycles. The molecule has 1 saturated heterocycles. The average molecular weight is 325 g/mol. The molecule has 0 radical (unpaired) electrons. The Morgan fingerprint density at radius 3 is 3.17 bits per heavy atom. The van der Waals surface area contributed by atoms with Crippen molar-refractivity contribution in [2.45, 2.75) is 32.4 Å². The highest BCUT2D eigenvalue weighted by Crippen LogP contribution is 2.32. The summed E-state index contributed by atoms with van der Waals surface area (Å²) in [6.45, 7) is 3.01. The topological polar surface area (TPSA) is 75.7 Å². The van der Waals surface area contributed by atoms with Gasteiger partial charge in [0.25, 0.3) is 0 Å². The monoisotopic (exact) mass is 325 g/mol. The van der Waals surface area contributed by atoms with Crippen LogP contribution in [0.3, 0.4) is 0 Å². The molecule has 0 aliphatic carbocycles. The van der Waals surface area contributed by atoms with Crippen molar-refractivity contribution in [3.63, 3.8) is 0 Å². The normalized spacial score (nSPS) is 17.5. The molecule has 4 rings (SSSR count). The molecule has 0 unspecified atom stereocenters. The summed E-state index contributed by atoms with van der Waals surface area (Å²) in [6, 6.07) is 7.60. The number of nitrogens with one attached hydrogen (secondary N) is 1. The Balaban J connectivity index is 1.43. The summed E-state index contributed by atoms with van der Waals surface area (Å²) >= 11 is 0. The molecule has 0 bridgehead atoms. The molecule has 7 heteroatoms. The zero-order valence-corrected chi connectivity index (χ0v) is 13.5. The Hall–Kier alpha value is -2.83. The van der Waals surface area contributed by atoms with E-state index in [-0.39, 0.29) is 12.1 Å². The SMILES string of the molecule is Cc1cc([C@H]2CCCN2C(=O)NCc2cn3ccccc3n2)on1. The molecule has 0 aromatic carbocycles. The number of imidazole rings is 1. The third-order valence-electron chi connectivity index (χ3n) is 4.32. The minimum atomic E-state index is -0.0939. The van der Waals surface area contributed by atoms with Gasteiger partial charge in [-0.15, -0.1) is 0 Å². The Kier molecular flexibility index (Phi) is 3.68. The number of aryl methyl sites for hydroxylation is 1. The fraction of sp³-hybridized carbons (Fsp3) is 0.353. The van der Waals surface area contributed by atoms with E-state index >= 15 is 0 Å². The summed E-state index contributed by atoms with van der Waals surface area (Å²) in [7, 11) is 0. The van der Waals surface area contributed by atoms with Crippen molar-refractivity contribution < 1.29 is 9.32 Å². The second-order valence-corrected chi connectivity index (χ2v) is 6.08. The van der Waals surface area contributed by atoms with Gasteiger partial charge in [0, 0.05) is 25.0 Å². The maximum Gasteiger partial charge on any atom is 0.318 e. The molecule has 1 atom stereocenters. The van der Waals surface area contributed by atoms with Crippen LogP contribution in [0.1, 0.15) is 36.0 Å². The molecule has 7 nitrogen and oxygen atoms in total. The van der Waals surface area contributed by atoms with Gasteiger partial charge in [-0.2, -0.15) is 0 Å². The van der Waals surface area contributed by atoms with Gasteiger partial charge in [0.1, 0.15) is 5.65 Å². The molecule has 1 fully saturated rings. The number of hydrogen-bond acceptors (Lipinski definition) is 4. The highest BCUT2D eigenvalue weighted by atomic mass is 16.5. The first-order chi connectivity index (χ1) is 11.7. The van der Waals surface area contributed by atoms with Gasteiger partial charge < -0.3 is 19.1 Å². The van der Waals surface area contributed by atoms with Crippen LogP contribution in [0.25, 0.3) is 5.65 Å². The van der Waals surface area contributed by atoms with E-state index in [1.54, 1.807) is 0 Å². The summed E-state index contributed by atoms with van der Waals surface area (Å²) in [5, 5.41) is 6.88. The fourth-order valence-corrected chi connectivity index (χ4v) is 3.19. The number of amides is 2. The van der Waals surface area contributed by atoms with Crippen LogP contribution in [0.2, 0.25) is 0 Å². The number of hydrogen-bond donors (Lipinski definition) is 1. The number of urea groups is 1. The van der Waals surface area contributed by atoms with Gasteiger partial charge >= 0.3 is 6.03 Å². The second kappa shape index (κ2) is 5.99. The predicted octanol–water partition coefficient (Wildman–Crippen LogP) is 2.68. The van der Waals surface area contributed by atoms with Gasteiger partial charge in [-0.25, -0.2) is 9.78 Å². The van der Waals surface area contributed by atoms with E-state index in [9.17, 15) is 4.79 Å². The van der Waals surface area contributed by atoms with Gasteiger partial charge in [0.15, 0.2) is 5.76 Å². The molecular formula is C17H19N5O2. The first kappa shape index (κ1) is 14.7. The summed E-state index contributed by atoms with van der Waals surface area (Å²) in [5.41, 5.74) is 2.54. The number of aromatic nitrogens is 3. The molecule has 124 valence electrons. The number of likely N-dealkylation sites (tertiary alicyclic amines) is 1. The van der Waals surface area contributed by atoms with Crippen molar-refractivity contribution in [3.05, 3.63) is 53.8 Å². The lowest BCUT2D eigenvalue weighted by molar-refractivity contribution is 0.182. The Bertz CT molecular complexity index is 836. The third-order valence-corrected chi connectivity index (χ3v) is 4.32. The quantitative estimate of drug-likeness (QED) is 0.803. The van der Waals surface area contributed by atoms with Crippen LogP contribution in [0.5, 0.6) is 0 Å². The van der Waals surface area contributed by atoms with E-state index in [2.05, 4.69) is 15.5 Å². The van der Waals surface area contributed by atoms with Gasteiger partial charge in [0.05, 0.1) is 24.0 Å². The lowest BCUT2D eigenvalue weighted by atomic mass is 10.1. The van der Waals surface area contributed by atoms with Crippen LogP contribution in [0, 0.1) is 6.92 Å². The van der Waals surface area contributed by atoms with Crippen molar-refractivity contribution in [2.24, 2.45) is 0 Å². The van der Waals surface area contributed by atoms with E-state index < -0.39 is 0 Å². The van der Waals surface area contributed by atoms with E-state index in [1.807, 2.05) is 52.9 Å². The average Bonchev–Trinajstić information content (AvgIpc) is 3.30. The summed E-state index contributed by atoms with van der Waals surface area (Å²) in [5.74, 6) is 0.757. The lowest BCUT2D eigenvalue weighted by Crippen LogP contribution is -2.39. The van der Waals surface area contributed by atoms with E-state index in [4.69, 9.17) is 4.52 Å². The summed E-state index contributed by atoms with van der Waals surface area (Å²) in [6.07, 6.45) is 5.73. The van der Waals surface area contributed by atoms with E-state index in [1.165, 1.54) is 0 Å². The number of pyridine rings is 1. The van der Waals surface area contributed by atoms with Crippen LogP contribution in [-0.2, 0) is 6.54 Å². The first-order valence-electron chi connectivity index (χ1n) is 8.11. The molecular weight excluding hydrogens is 306 g/mol. The second-order valence-electron chi connectivity index (χ2n) is 6.08. The van der Waals surface area contributed by atoms with Crippen molar-refractivity contribution in [2.75, 3.05) is 6.54 Å². The molecule has 4 heterocycles. The minimum absolute atomic E-state index is 0.0349. The molecule has 3 aromatic rings. The molecule has 3 aromatic heterocycles. The van der Waals surface area contributed by atoms with E-state index in [0.29, 0.717) is 6.54 Å². The van der Waals surface area contributed by atoms with Crippen molar-refractivity contribution in [1.29, 1.82) is 0 Å². The lowest BCUT2D eigenvalue weighted by Gasteiger charge is -2.22. The highest BCUT2D eigenvalue weighted by molar-refractivity contribution is 5.75. The molecule has 24 heavy (non-hydrogen) atoms. The number of nitrogens with zero attached hydrogens (tertiary/aromatic N) is 4. The molecule has 1 aliphatic heterocycles. The predicted molar refractivity (Wildman–Crippen MR) is 87.3 cm³/mol. The minimum Gasteiger partial charge on any atom is -0.359 e. The first-order valence-corrected chi connectivity index (χ1v) is 8.11. The van der Waals surface area contributed by atoms with Crippen LogP contribution in [-0.4, -0.2) is 32.0 Å². The number of rotatable bonds is 3. The Morgan fingerprint density at radius 2 is 2.38 bits per heavy atom. The standard InChI is InChI=1S/C17H19N5O2/c1-12-9-15(24-20-12)14-5-4-8-22(14)17(23)18-10-13-11-21-7-3-2-6-16(21)19-13/h2-3,6-7,9,11,14H,4-5,8,10H2,1H3,(H,18,23)/t14-/m1/s1. The largest absolute Gasteiger partial charge is 0.359 e. The van der Waals surface area contributed by atoms with Gasteiger partial charge in [0.2, 0.25) is 0 Å². The number of fused-ring (bicyclic) bond motifs is 1. The van der Waals surface area contributed by atoms with Crippen LogP contribution in [0.4, 0.5) is 4.79 Å². The Morgan fingerprint density at radius 1 is 1.46 bits per heavy atom. The van der Waals surface area contributed by atoms with Crippen molar-refractivity contribution in [1.82, 2.24) is 24.8 Å². The van der Waals surface area contributed by atoms with Crippen LogP contribution >= 0.6 is 0 Å². The molecule has 1 N–H and O–H groups in total. The van der Waals surface area contributed by atoms with Gasteiger partial charge in [-0.3, -0.25) is 0 Å². The van der Waals surface area contributed by atoms with Crippen molar-refractivity contribution in [3.8, 4) is 0 Å². The van der Waals surface area contributed by atoms with Crippen LogP contribution < -0.4 is 5.32 Å². The highest BCUT2D eigenvalue weighted by Gasteiger charge is 2.32. The smallest absolute Gasteiger partial charge is 0.318 e. The third kappa shape index (κ3) is 2.73. The van der Waals surface area contributed by atoms with Crippen LogP contribution in [0.15, 0.2) is 41.2 Å². The number of carbonyl (C=O) groups is 1. The van der Waals surface area contributed by atoms with E-state index in [0.717, 1.165) is 42.2 Å². The van der Waals surface area contributed by atoms with Gasteiger partial charge in [-0.05, 0) is 31.9 Å². The van der Waals surface area contributed by atoms with Gasteiger partial charge in [-0.1, -0.05) is 11.2 Å². The molecule has 0 spiro atoms. The summed E-state index contributed by atoms with van der Waals surface area (Å²) < 4.78 is 7.29. The maximum atomic E-state index is 12.5. The van der Waals surface area contributed by atoms with Crippen molar-refractivity contribution >= 4 is 11.7 Å².